The lowest BCUT2D eigenvalue weighted by molar-refractivity contribution is -0.0645. The molecule has 0 amide bonds. The molecule has 1 fully saturated rings. The van der Waals surface area contributed by atoms with Crippen molar-refractivity contribution >= 4 is 11.6 Å². The number of aliphatic hydroxyl groups excluding tert-OH is 1. The van der Waals surface area contributed by atoms with E-state index in [-0.39, 0.29) is 6.61 Å². The Hall–Kier alpha value is -0.0900. The van der Waals surface area contributed by atoms with E-state index in [1.165, 1.54) is 0 Å². The van der Waals surface area contributed by atoms with Gasteiger partial charge in [-0.15, -0.1) is 0 Å². The summed E-state index contributed by atoms with van der Waals surface area (Å²) in [6.07, 6.45) is 1.55. The lowest BCUT2D eigenvalue weighted by Gasteiger charge is -2.37. The van der Waals surface area contributed by atoms with Crippen molar-refractivity contribution in [3.63, 3.8) is 0 Å². The molecule has 13 heavy (non-hydrogen) atoms. The molecule has 0 bridgehead atoms. The summed E-state index contributed by atoms with van der Waals surface area (Å²) < 4.78 is 0. The van der Waals surface area contributed by atoms with E-state index in [1.54, 1.807) is 0 Å². The summed E-state index contributed by atoms with van der Waals surface area (Å²) in [5.41, 5.74) is -0.940. The molecular weight excluding hydrogens is 190 g/mol. The van der Waals surface area contributed by atoms with E-state index in [1.807, 2.05) is 4.90 Å². The number of rotatable bonds is 3. The van der Waals surface area contributed by atoms with Crippen molar-refractivity contribution in [1.82, 2.24) is 4.90 Å². The smallest absolute Gasteiger partial charge is 0.100 e. The van der Waals surface area contributed by atoms with Gasteiger partial charge in [0.15, 0.2) is 0 Å². The van der Waals surface area contributed by atoms with E-state index in [0.29, 0.717) is 24.5 Å². The number of likely N-dealkylation sites (tertiary alicyclic amines) is 1. The average molecular weight is 206 g/mol. The van der Waals surface area contributed by atoms with E-state index in [9.17, 15) is 5.11 Å². The van der Waals surface area contributed by atoms with Gasteiger partial charge in [0.25, 0.3) is 0 Å². The number of β-amino-alcohol motifs (C(OH)–C–C–N with tert-alkyl or cyclic N) is 1. The first kappa shape index (κ1) is 11.0. The van der Waals surface area contributed by atoms with E-state index in [0.717, 1.165) is 13.0 Å². The maximum Gasteiger partial charge on any atom is 0.100 e. The zero-order chi connectivity index (χ0) is 9.90. The second-order valence-electron chi connectivity index (χ2n) is 3.71. The maximum atomic E-state index is 9.80. The van der Waals surface area contributed by atoms with Gasteiger partial charge >= 0.3 is 0 Å². The minimum Gasteiger partial charge on any atom is -0.393 e. The van der Waals surface area contributed by atoms with Gasteiger partial charge in [-0.05, 0) is 19.4 Å². The fourth-order valence-corrected chi connectivity index (χ4v) is 1.88. The summed E-state index contributed by atoms with van der Waals surface area (Å²) in [4.78, 5) is 2.01. The van der Waals surface area contributed by atoms with Gasteiger partial charge in [-0.1, -0.05) is 18.2 Å². The third kappa shape index (κ3) is 3.27. The van der Waals surface area contributed by atoms with Crippen molar-refractivity contribution in [2.75, 3.05) is 26.2 Å². The molecule has 0 aromatic heterocycles. The summed E-state index contributed by atoms with van der Waals surface area (Å²) >= 11 is 5.67. The third-order valence-corrected chi connectivity index (χ3v) is 2.44. The summed E-state index contributed by atoms with van der Waals surface area (Å²) in [6.45, 7) is 5.40. The molecule has 0 spiro atoms. The second kappa shape index (κ2) is 4.42. The average Bonchev–Trinajstić information content (AvgIpc) is 2.03. The van der Waals surface area contributed by atoms with Crippen molar-refractivity contribution < 1.29 is 10.2 Å². The molecule has 1 rings (SSSR count). The normalized spacial score (nSPS) is 30.4. The van der Waals surface area contributed by atoms with Gasteiger partial charge < -0.3 is 10.2 Å². The van der Waals surface area contributed by atoms with Crippen LogP contribution < -0.4 is 0 Å². The van der Waals surface area contributed by atoms with E-state index < -0.39 is 5.60 Å². The lowest BCUT2D eigenvalue weighted by atomic mass is 9.94. The third-order valence-electron chi connectivity index (χ3n) is 2.32. The van der Waals surface area contributed by atoms with Gasteiger partial charge in [-0.3, -0.25) is 4.90 Å². The highest BCUT2D eigenvalue weighted by molar-refractivity contribution is 6.29. The molecule has 1 aliphatic heterocycles. The highest BCUT2D eigenvalue weighted by Crippen LogP contribution is 2.21. The second-order valence-corrected chi connectivity index (χ2v) is 4.25. The lowest BCUT2D eigenvalue weighted by Crippen LogP contribution is -2.50. The molecule has 76 valence electrons. The summed E-state index contributed by atoms with van der Waals surface area (Å²) in [7, 11) is 0. The molecule has 0 aromatic rings. The van der Waals surface area contributed by atoms with E-state index in [2.05, 4.69) is 6.58 Å². The van der Waals surface area contributed by atoms with Gasteiger partial charge in [-0.25, -0.2) is 0 Å². The number of nitrogens with zero attached hydrogens (tertiary/aromatic N) is 1. The SMILES string of the molecule is C=C(Cl)CN1CCCC(O)(CO)C1. The maximum absolute atomic E-state index is 9.80. The molecule has 1 saturated heterocycles. The van der Waals surface area contributed by atoms with Crippen molar-refractivity contribution in [3.05, 3.63) is 11.6 Å². The van der Waals surface area contributed by atoms with Crippen LogP contribution in [0.25, 0.3) is 0 Å². The molecular formula is C9H16ClNO2. The van der Waals surface area contributed by atoms with Crippen LogP contribution in [0, 0.1) is 0 Å². The Morgan fingerprint density at radius 1 is 1.62 bits per heavy atom. The fourth-order valence-electron chi connectivity index (χ4n) is 1.71. The van der Waals surface area contributed by atoms with Gasteiger partial charge in [0.05, 0.1) is 6.61 Å². The predicted octanol–water partition coefficient (Wildman–Crippen LogP) is 0.558. The quantitative estimate of drug-likeness (QED) is 0.708. The van der Waals surface area contributed by atoms with Crippen LogP contribution in [0.2, 0.25) is 0 Å². The largest absolute Gasteiger partial charge is 0.393 e. The van der Waals surface area contributed by atoms with Crippen LogP contribution in [0.5, 0.6) is 0 Å². The van der Waals surface area contributed by atoms with Crippen LogP contribution >= 0.6 is 11.6 Å². The standard InChI is InChI=1S/C9H16ClNO2/c1-8(10)5-11-4-2-3-9(13,6-11)7-12/h12-13H,1-7H2. The zero-order valence-electron chi connectivity index (χ0n) is 7.67. The highest BCUT2D eigenvalue weighted by Gasteiger charge is 2.32. The summed E-state index contributed by atoms with van der Waals surface area (Å²) in [5.74, 6) is 0. The first-order valence-corrected chi connectivity index (χ1v) is 4.82. The number of hydrogen-bond donors (Lipinski definition) is 2. The van der Waals surface area contributed by atoms with E-state index >= 15 is 0 Å². The van der Waals surface area contributed by atoms with Crippen LogP contribution in [0.15, 0.2) is 11.6 Å². The van der Waals surface area contributed by atoms with Crippen LogP contribution in [0.3, 0.4) is 0 Å². The monoisotopic (exact) mass is 205 g/mol. The van der Waals surface area contributed by atoms with Gasteiger partial charge in [0, 0.05) is 18.1 Å². The van der Waals surface area contributed by atoms with Crippen molar-refractivity contribution in [3.8, 4) is 0 Å². The predicted molar refractivity (Wildman–Crippen MR) is 52.7 cm³/mol. The first-order chi connectivity index (χ1) is 6.06. The fraction of sp³-hybridized carbons (Fsp3) is 0.778. The number of piperidine rings is 1. The van der Waals surface area contributed by atoms with Gasteiger partial charge in [-0.2, -0.15) is 0 Å². The summed E-state index contributed by atoms with van der Waals surface area (Å²) in [6, 6.07) is 0. The Morgan fingerprint density at radius 2 is 2.31 bits per heavy atom. The first-order valence-electron chi connectivity index (χ1n) is 4.45. The van der Waals surface area contributed by atoms with Crippen molar-refractivity contribution in [2.45, 2.75) is 18.4 Å². The van der Waals surface area contributed by atoms with Crippen molar-refractivity contribution in [1.29, 1.82) is 0 Å². The highest BCUT2D eigenvalue weighted by atomic mass is 35.5. The number of halogens is 1. The molecule has 0 aromatic carbocycles. The minimum atomic E-state index is -0.940. The molecule has 1 unspecified atom stereocenters. The van der Waals surface area contributed by atoms with Crippen LogP contribution in [0.1, 0.15) is 12.8 Å². The van der Waals surface area contributed by atoms with E-state index in [4.69, 9.17) is 16.7 Å². The van der Waals surface area contributed by atoms with Crippen LogP contribution in [-0.4, -0.2) is 47.0 Å². The van der Waals surface area contributed by atoms with Gasteiger partial charge in [0.2, 0.25) is 0 Å². The molecule has 0 radical (unpaired) electrons. The molecule has 0 saturated carbocycles. The Morgan fingerprint density at radius 3 is 2.85 bits per heavy atom. The Labute approximate surface area is 83.6 Å². The molecule has 0 aliphatic carbocycles. The van der Waals surface area contributed by atoms with Crippen LogP contribution in [0.4, 0.5) is 0 Å². The Kier molecular flexibility index (Phi) is 3.74. The Balaban J connectivity index is 2.46. The van der Waals surface area contributed by atoms with Gasteiger partial charge in [0.1, 0.15) is 5.60 Å². The number of hydrogen-bond acceptors (Lipinski definition) is 3. The van der Waals surface area contributed by atoms with Crippen LogP contribution in [-0.2, 0) is 0 Å². The molecule has 1 atom stereocenters. The van der Waals surface area contributed by atoms with Crippen molar-refractivity contribution in [2.24, 2.45) is 0 Å². The Bertz CT molecular complexity index is 198. The molecule has 1 aliphatic rings. The molecule has 3 nitrogen and oxygen atoms in total. The zero-order valence-corrected chi connectivity index (χ0v) is 8.43. The molecule has 1 heterocycles. The summed E-state index contributed by atoms with van der Waals surface area (Å²) in [5, 5.41) is 19.3. The molecule has 4 heteroatoms. The molecule has 2 N–H and O–H groups in total. The topological polar surface area (TPSA) is 43.7 Å². The minimum absolute atomic E-state index is 0.182. The number of aliphatic hydroxyl groups is 2.